The van der Waals surface area contributed by atoms with E-state index in [-0.39, 0.29) is 5.91 Å². The molecular formula is C14H20N2O3. The number of anilines is 1. The zero-order valence-corrected chi connectivity index (χ0v) is 11.4. The Bertz CT molecular complexity index is 468. The molecule has 2 rings (SSSR count). The number of ether oxygens (including phenoxy) is 2. The SMILES string of the molecule is COc1cc(CN)ccc1NC(=O)C1(C)CCCO1. The molecule has 1 unspecified atom stereocenters. The second-order valence-corrected chi connectivity index (χ2v) is 4.88. The molecule has 0 radical (unpaired) electrons. The summed E-state index contributed by atoms with van der Waals surface area (Å²) in [5.41, 5.74) is 6.44. The number of hydrogen-bond acceptors (Lipinski definition) is 4. The first-order valence-corrected chi connectivity index (χ1v) is 6.41. The molecule has 5 heteroatoms. The lowest BCUT2D eigenvalue weighted by atomic mass is 10.0. The third-order valence-corrected chi connectivity index (χ3v) is 3.45. The molecule has 1 aliphatic heterocycles. The maximum Gasteiger partial charge on any atom is 0.256 e. The van der Waals surface area contributed by atoms with Gasteiger partial charge in [0.2, 0.25) is 0 Å². The van der Waals surface area contributed by atoms with Crippen LogP contribution in [0.25, 0.3) is 0 Å². The van der Waals surface area contributed by atoms with Crippen molar-refractivity contribution in [3.05, 3.63) is 23.8 Å². The van der Waals surface area contributed by atoms with Crippen LogP contribution in [0.1, 0.15) is 25.3 Å². The summed E-state index contributed by atoms with van der Waals surface area (Å²) in [4.78, 5) is 12.2. The highest BCUT2D eigenvalue weighted by atomic mass is 16.5. The van der Waals surface area contributed by atoms with Crippen molar-refractivity contribution in [2.45, 2.75) is 31.9 Å². The molecule has 0 aromatic heterocycles. The minimum absolute atomic E-state index is 0.135. The molecule has 1 atom stereocenters. The van der Waals surface area contributed by atoms with Crippen molar-refractivity contribution < 1.29 is 14.3 Å². The van der Waals surface area contributed by atoms with E-state index >= 15 is 0 Å². The average Bonchev–Trinajstić information content (AvgIpc) is 2.87. The average molecular weight is 264 g/mol. The van der Waals surface area contributed by atoms with E-state index in [2.05, 4.69) is 5.32 Å². The molecule has 0 aliphatic carbocycles. The van der Waals surface area contributed by atoms with Gasteiger partial charge >= 0.3 is 0 Å². The fourth-order valence-electron chi connectivity index (χ4n) is 2.18. The number of rotatable bonds is 4. The van der Waals surface area contributed by atoms with Crippen LogP contribution in [0, 0.1) is 0 Å². The molecule has 3 N–H and O–H groups in total. The molecule has 0 bridgehead atoms. The molecule has 0 spiro atoms. The number of carbonyl (C=O) groups is 1. The highest BCUT2D eigenvalue weighted by molar-refractivity contribution is 5.98. The lowest BCUT2D eigenvalue weighted by molar-refractivity contribution is -0.133. The smallest absolute Gasteiger partial charge is 0.256 e. The Kier molecular flexibility index (Phi) is 4.07. The summed E-state index contributed by atoms with van der Waals surface area (Å²) in [6, 6.07) is 5.50. The first-order chi connectivity index (χ1) is 9.09. The van der Waals surface area contributed by atoms with E-state index in [1.807, 2.05) is 19.1 Å². The van der Waals surface area contributed by atoms with Gasteiger partial charge in [0.25, 0.3) is 5.91 Å². The van der Waals surface area contributed by atoms with Gasteiger partial charge in [-0.2, -0.15) is 0 Å². The summed E-state index contributed by atoms with van der Waals surface area (Å²) in [7, 11) is 1.57. The van der Waals surface area contributed by atoms with E-state index in [1.165, 1.54) is 0 Å². The van der Waals surface area contributed by atoms with Crippen molar-refractivity contribution in [2.75, 3.05) is 19.0 Å². The van der Waals surface area contributed by atoms with Gasteiger partial charge < -0.3 is 20.5 Å². The van der Waals surface area contributed by atoms with Gasteiger partial charge in [-0.3, -0.25) is 4.79 Å². The molecule has 1 aromatic rings. The molecule has 1 aliphatic rings. The maximum atomic E-state index is 12.2. The number of carbonyl (C=O) groups excluding carboxylic acids is 1. The van der Waals surface area contributed by atoms with Gasteiger partial charge in [-0.1, -0.05) is 6.07 Å². The number of hydrogen-bond donors (Lipinski definition) is 2. The van der Waals surface area contributed by atoms with Crippen molar-refractivity contribution in [1.29, 1.82) is 0 Å². The third kappa shape index (κ3) is 2.88. The normalized spacial score (nSPS) is 22.3. The van der Waals surface area contributed by atoms with Crippen LogP contribution < -0.4 is 15.8 Å². The zero-order chi connectivity index (χ0) is 13.9. The second-order valence-electron chi connectivity index (χ2n) is 4.88. The van der Waals surface area contributed by atoms with Crippen LogP contribution in [0.5, 0.6) is 5.75 Å². The van der Waals surface area contributed by atoms with Crippen molar-refractivity contribution in [1.82, 2.24) is 0 Å². The van der Waals surface area contributed by atoms with E-state index in [4.69, 9.17) is 15.2 Å². The lowest BCUT2D eigenvalue weighted by Gasteiger charge is -2.22. The number of amides is 1. The van der Waals surface area contributed by atoms with Gasteiger partial charge in [0.05, 0.1) is 12.8 Å². The summed E-state index contributed by atoms with van der Waals surface area (Å²) in [5.74, 6) is 0.474. The third-order valence-electron chi connectivity index (χ3n) is 3.45. The van der Waals surface area contributed by atoms with Crippen LogP contribution in [0.3, 0.4) is 0 Å². The van der Waals surface area contributed by atoms with Crippen LogP contribution in [-0.2, 0) is 16.1 Å². The second kappa shape index (κ2) is 5.59. The fraction of sp³-hybridized carbons (Fsp3) is 0.500. The Morgan fingerprint density at radius 3 is 2.95 bits per heavy atom. The summed E-state index contributed by atoms with van der Waals surface area (Å²) in [6.07, 6.45) is 1.65. The van der Waals surface area contributed by atoms with Gasteiger partial charge in [0, 0.05) is 13.2 Å². The largest absolute Gasteiger partial charge is 0.495 e. The molecule has 1 aromatic carbocycles. The molecular weight excluding hydrogens is 244 g/mol. The first-order valence-electron chi connectivity index (χ1n) is 6.41. The summed E-state index contributed by atoms with van der Waals surface area (Å²) < 4.78 is 10.8. The van der Waals surface area contributed by atoms with Crippen LogP contribution in [0.4, 0.5) is 5.69 Å². The summed E-state index contributed by atoms with van der Waals surface area (Å²) >= 11 is 0. The zero-order valence-electron chi connectivity index (χ0n) is 11.4. The van der Waals surface area contributed by atoms with Crippen molar-refractivity contribution in [3.8, 4) is 5.75 Å². The van der Waals surface area contributed by atoms with Crippen molar-refractivity contribution >= 4 is 11.6 Å². The molecule has 0 saturated carbocycles. The standard InChI is InChI=1S/C14H20N2O3/c1-14(6-3-7-19-14)13(17)16-11-5-4-10(9-15)8-12(11)18-2/h4-5,8H,3,6-7,9,15H2,1-2H3,(H,16,17). The Morgan fingerprint density at radius 1 is 1.58 bits per heavy atom. The Hall–Kier alpha value is -1.59. The molecule has 1 fully saturated rings. The minimum atomic E-state index is -0.739. The number of benzene rings is 1. The monoisotopic (exact) mass is 264 g/mol. The molecule has 1 saturated heterocycles. The Balaban J connectivity index is 2.16. The molecule has 1 heterocycles. The van der Waals surface area contributed by atoms with Crippen molar-refractivity contribution in [3.63, 3.8) is 0 Å². The first kappa shape index (κ1) is 13.8. The molecule has 19 heavy (non-hydrogen) atoms. The van der Waals surface area contributed by atoms with E-state index in [0.29, 0.717) is 24.6 Å². The van der Waals surface area contributed by atoms with Crippen molar-refractivity contribution in [2.24, 2.45) is 5.73 Å². The minimum Gasteiger partial charge on any atom is -0.495 e. The van der Waals surface area contributed by atoms with Gasteiger partial charge in [-0.15, -0.1) is 0 Å². The molecule has 104 valence electrons. The van der Waals surface area contributed by atoms with Gasteiger partial charge in [0.15, 0.2) is 0 Å². The van der Waals surface area contributed by atoms with Crippen LogP contribution in [-0.4, -0.2) is 25.2 Å². The van der Waals surface area contributed by atoms with Gasteiger partial charge in [0.1, 0.15) is 11.4 Å². The van der Waals surface area contributed by atoms with Crippen LogP contribution in [0.15, 0.2) is 18.2 Å². The van der Waals surface area contributed by atoms with Crippen LogP contribution >= 0.6 is 0 Å². The Morgan fingerprint density at radius 2 is 2.37 bits per heavy atom. The topological polar surface area (TPSA) is 73.6 Å². The Labute approximate surface area is 113 Å². The fourth-order valence-corrected chi connectivity index (χ4v) is 2.18. The van der Waals surface area contributed by atoms with Gasteiger partial charge in [-0.05, 0) is 37.5 Å². The summed E-state index contributed by atoms with van der Waals surface area (Å²) in [5, 5.41) is 2.87. The van der Waals surface area contributed by atoms with E-state index in [1.54, 1.807) is 13.2 Å². The number of nitrogens with two attached hydrogens (primary N) is 1. The predicted octanol–water partition coefficient (Wildman–Crippen LogP) is 1.66. The van der Waals surface area contributed by atoms with Gasteiger partial charge in [-0.25, -0.2) is 0 Å². The lowest BCUT2D eigenvalue weighted by Crippen LogP contribution is -2.39. The molecule has 5 nitrogen and oxygen atoms in total. The quantitative estimate of drug-likeness (QED) is 0.867. The van der Waals surface area contributed by atoms with E-state index in [9.17, 15) is 4.79 Å². The number of nitrogens with one attached hydrogen (secondary N) is 1. The summed E-state index contributed by atoms with van der Waals surface area (Å²) in [6.45, 7) is 2.88. The van der Waals surface area contributed by atoms with E-state index < -0.39 is 5.60 Å². The predicted molar refractivity (Wildman–Crippen MR) is 73.1 cm³/mol. The maximum absolute atomic E-state index is 12.2. The number of methoxy groups -OCH3 is 1. The highest BCUT2D eigenvalue weighted by Crippen LogP contribution is 2.30. The van der Waals surface area contributed by atoms with E-state index in [0.717, 1.165) is 18.4 Å². The highest BCUT2D eigenvalue weighted by Gasteiger charge is 2.37. The molecule has 1 amide bonds. The van der Waals surface area contributed by atoms with Crippen LogP contribution in [0.2, 0.25) is 0 Å².